The molecule has 2 aromatic rings. The van der Waals surface area contributed by atoms with E-state index in [4.69, 9.17) is 4.74 Å². The Bertz CT molecular complexity index is 773. The number of carbonyl (C=O) groups excluding carboxylic acids is 1. The number of methoxy groups -OCH3 is 1. The zero-order valence-corrected chi connectivity index (χ0v) is 17.9. The van der Waals surface area contributed by atoms with E-state index in [2.05, 4.69) is 48.3 Å². The predicted octanol–water partition coefficient (Wildman–Crippen LogP) is 2.45. The van der Waals surface area contributed by atoms with Gasteiger partial charge in [0.1, 0.15) is 5.75 Å². The fourth-order valence-electron chi connectivity index (χ4n) is 4.07. The molecule has 2 aromatic carbocycles. The second-order valence-electron chi connectivity index (χ2n) is 7.83. The second-order valence-corrected chi connectivity index (χ2v) is 7.83. The van der Waals surface area contributed by atoms with Crippen LogP contribution in [0.1, 0.15) is 38.3 Å². The number of ether oxygens (including phenoxy) is 1. The minimum atomic E-state index is -0.0504. The number of carbonyl (C=O) groups is 1. The van der Waals surface area contributed by atoms with Gasteiger partial charge in [0.25, 0.3) is 5.91 Å². The Labute approximate surface area is 174 Å². The summed E-state index contributed by atoms with van der Waals surface area (Å²) in [7, 11) is 1.70. The van der Waals surface area contributed by atoms with E-state index < -0.39 is 0 Å². The first-order valence-electron chi connectivity index (χ1n) is 10.7. The topological polar surface area (TPSA) is 46.0 Å². The molecule has 0 aromatic heterocycles. The molecule has 1 saturated heterocycles. The van der Waals surface area contributed by atoms with E-state index in [1.165, 1.54) is 16.2 Å². The summed E-state index contributed by atoms with van der Waals surface area (Å²) in [5.41, 5.74) is 2.38. The van der Waals surface area contributed by atoms with Gasteiger partial charge in [0.15, 0.2) is 6.04 Å². The monoisotopic (exact) mass is 396 g/mol. The zero-order chi connectivity index (χ0) is 20.6. The van der Waals surface area contributed by atoms with E-state index in [-0.39, 0.29) is 18.0 Å². The molecule has 156 valence electrons. The second kappa shape index (κ2) is 10.3. The summed E-state index contributed by atoms with van der Waals surface area (Å²) in [6, 6.07) is 18.5. The number of anilines is 1. The lowest BCUT2D eigenvalue weighted by Crippen LogP contribution is -3.19. The highest BCUT2D eigenvalue weighted by atomic mass is 16.5. The minimum absolute atomic E-state index is 0.0504. The normalized spacial score (nSPS) is 16.9. The van der Waals surface area contributed by atoms with E-state index in [0.717, 1.165) is 44.8 Å². The number of piperazine rings is 1. The molecule has 2 atom stereocenters. The summed E-state index contributed by atoms with van der Waals surface area (Å²) in [5.74, 6) is 1.03. The summed E-state index contributed by atoms with van der Waals surface area (Å²) in [4.78, 5) is 16.7. The van der Waals surface area contributed by atoms with Crippen LogP contribution in [0.25, 0.3) is 0 Å². The van der Waals surface area contributed by atoms with Gasteiger partial charge in [-0.3, -0.25) is 4.79 Å². The van der Waals surface area contributed by atoms with Crippen molar-refractivity contribution in [1.82, 2.24) is 5.32 Å². The lowest BCUT2D eigenvalue weighted by molar-refractivity contribution is -0.914. The van der Waals surface area contributed by atoms with Crippen molar-refractivity contribution < 1.29 is 14.4 Å². The highest BCUT2D eigenvalue weighted by Gasteiger charge is 2.30. The first-order chi connectivity index (χ1) is 14.1. The smallest absolute Gasteiger partial charge is 0.278 e. The van der Waals surface area contributed by atoms with E-state index in [1.54, 1.807) is 7.11 Å². The average molecular weight is 397 g/mol. The van der Waals surface area contributed by atoms with Crippen molar-refractivity contribution >= 4 is 11.6 Å². The largest absolute Gasteiger partial charge is 0.497 e. The van der Waals surface area contributed by atoms with Gasteiger partial charge in [0.05, 0.1) is 39.3 Å². The SMILES string of the molecule is CCC[C@@H](NC(=O)[C@H](C)[NH+]1CCN(c2cccc(OC)c2)CC1)c1ccccc1. The van der Waals surface area contributed by atoms with Crippen molar-refractivity contribution in [2.75, 3.05) is 38.2 Å². The van der Waals surface area contributed by atoms with Crippen molar-refractivity contribution in [3.05, 3.63) is 60.2 Å². The van der Waals surface area contributed by atoms with Crippen molar-refractivity contribution in [3.63, 3.8) is 0 Å². The maximum absolute atomic E-state index is 13.0. The molecule has 1 fully saturated rings. The molecule has 0 aliphatic carbocycles. The number of quaternary nitrogens is 1. The minimum Gasteiger partial charge on any atom is -0.497 e. The standard InChI is InChI=1S/C24H33N3O2/c1-4-9-23(20-10-6-5-7-11-20)25-24(28)19(2)26-14-16-27(17-15-26)21-12-8-13-22(18-21)29-3/h5-8,10-13,18-19,23H,4,9,14-17H2,1-3H3,(H,25,28)/p+1/t19-,23+/m0/s1. The molecule has 0 spiro atoms. The van der Waals surface area contributed by atoms with E-state index in [0.29, 0.717) is 0 Å². The molecule has 0 radical (unpaired) electrons. The number of amides is 1. The molecule has 2 N–H and O–H groups in total. The van der Waals surface area contributed by atoms with Gasteiger partial charge >= 0.3 is 0 Å². The van der Waals surface area contributed by atoms with Crippen LogP contribution in [0.5, 0.6) is 5.75 Å². The van der Waals surface area contributed by atoms with Crippen LogP contribution in [0, 0.1) is 0 Å². The van der Waals surface area contributed by atoms with Gasteiger partial charge in [-0.25, -0.2) is 0 Å². The van der Waals surface area contributed by atoms with Crippen LogP contribution in [-0.4, -0.2) is 45.2 Å². The Morgan fingerprint density at radius 2 is 1.86 bits per heavy atom. The molecule has 5 nitrogen and oxygen atoms in total. The Balaban J connectivity index is 1.56. The number of nitrogens with one attached hydrogen (secondary N) is 2. The van der Waals surface area contributed by atoms with Crippen LogP contribution in [0.4, 0.5) is 5.69 Å². The molecule has 0 saturated carbocycles. The molecule has 0 unspecified atom stereocenters. The molecule has 29 heavy (non-hydrogen) atoms. The van der Waals surface area contributed by atoms with Crippen molar-refractivity contribution in [2.45, 2.75) is 38.8 Å². The van der Waals surface area contributed by atoms with Gasteiger partial charge in [0.2, 0.25) is 0 Å². The summed E-state index contributed by atoms with van der Waals surface area (Å²) in [6.45, 7) is 8.01. The molecule has 5 heteroatoms. The third-order valence-electron chi connectivity index (χ3n) is 5.93. The van der Waals surface area contributed by atoms with E-state index in [1.807, 2.05) is 30.3 Å². The van der Waals surface area contributed by atoms with E-state index in [9.17, 15) is 4.79 Å². The Hall–Kier alpha value is -2.53. The molecule has 3 rings (SSSR count). The van der Waals surface area contributed by atoms with Crippen molar-refractivity contribution in [3.8, 4) is 5.75 Å². The molecule has 1 heterocycles. The van der Waals surface area contributed by atoms with Crippen LogP contribution in [0.3, 0.4) is 0 Å². The van der Waals surface area contributed by atoms with Crippen molar-refractivity contribution in [1.29, 1.82) is 0 Å². The predicted molar refractivity (Wildman–Crippen MR) is 118 cm³/mol. The molecule has 1 aliphatic rings. The Morgan fingerprint density at radius 3 is 2.52 bits per heavy atom. The maximum atomic E-state index is 13.0. The molecule has 1 aliphatic heterocycles. The number of rotatable bonds is 8. The fourth-order valence-corrected chi connectivity index (χ4v) is 4.07. The maximum Gasteiger partial charge on any atom is 0.278 e. The molecular formula is C24H34N3O2+. The average Bonchev–Trinajstić information content (AvgIpc) is 2.79. The number of benzene rings is 2. The molecular weight excluding hydrogens is 362 g/mol. The Morgan fingerprint density at radius 1 is 1.14 bits per heavy atom. The van der Waals surface area contributed by atoms with E-state index >= 15 is 0 Å². The highest BCUT2D eigenvalue weighted by molar-refractivity contribution is 5.80. The van der Waals surface area contributed by atoms with Crippen LogP contribution < -0.4 is 19.9 Å². The van der Waals surface area contributed by atoms with Crippen LogP contribution >= 0.6 is 0 Å². The summed E-state index contributed by atoms with van der Waals surface area (Å²) in [5, 5.41) is 3.30. The third kappa shape index (κ3) is 5.51. The van der Waals surface area contributed by atoms with Gasteiger partial charge in [-0.1, -0.05) is 49.7 Å². The number of hydrogen-bond acceptors (Lipinski definition) is 3. The lowest BCUT2D eigenvalue weighted by atomic mass is 10.0. The van der Waals surface area contributed by atoms with Crippen LogP contribution in [-0.2, 0) is 4.79 Å². The zero-order valence-electron chi connectivity index (χ0n) is 17.9. The first-order valence-corrected chi connectivity index (χ1v) is 10.7. The summed E-state index contributed by atoms with van der Waals surface area (Å²) >= 11 is 0. The summed E-state index contributed by atoms with van der Waals surface area (Å²) in [6.07, 6.45) is 2.00. The molecule has 0 bridgehead atoms. The van der Waals surface area contributed by atoms with Gasteiger partial charge in [0, 0.05) is 11.8 Å². The van der Waals surface area contributed by atoms with Gasteiger partial charge in [-0.05, 0) is 31.0 Å². The van der Waals surface area contributed by atoms with Crippen LogP contribution in [0.15, 0.2) is 54.6 Å². The van der Waals surface area contributed by atoms with Gasteiger partial charge in [-0.15, -0.1) is 0 Å². The van der Waals surface area contributed by atoms with Gasteiger partial charge in [-0.2, -0.15) is 0 Å². The Kier molecular flexibility index (Phi) is 7.53. The number of hydrogen-bond donors (Lipinski definition) is 2. The van der Waals surface area contributed by atoms with Crippen molar-refractivity contribution in [2.24, 2.45) is 0 Å². The molecule has 1 amide bonds. The third-order valence-corrected chi connectivity index (χ3v) is 5.93. The van der Waals surface area contributed by atoms with Gasteiger partial charge < -0.3 is 19.9 Å². The van der Waals surface area contributed by atoms with Crippen LogP contribution in [0.2, 0.25) is 0 Å². The lowest BCUT2D eigenvalue weighted by Gasteiger charge is -2.36. The fraction of sp³-hybridized carbons (Fsp3) is 0.458. The summed E-state index contributed by atoms with van der Waals surface area (Å²) < 4.78 is 5.34. The number of nitrogens with zero attached hydrogens (tertiary/aromatic N) is 1. The quantitative estimate of drug-likeness (QED) is 0.721. The first kappa shape index (κ1) is 21.2. The highest BCUT2D eigenvalue weighted by Crippen LogP contribution is 2.21.